The largest absolute Gasteiger partial charge is 0.497 e. The normalized spacial score (nSPS) is 20.0. The molecule has 0 spiro atoms. The van der Waals surface area contributed by atoms with Crippen molar-refractivity contribution in [2.45, 2.75) is 26.0 Å². The molecule has 0 saturated heterocycles. The van der Waals surface area contributed by atoms with Gasteiger partial charge in [-0.1, -0.05) is 19.1 Å². The molecule has 3 atom stereocenters. The number of sulfonamides is 1. The number of hydrogen-bond donors (Lipinski definition) is 1. The summed E-state index contributed by atoms with van der Waals surface area (Å²) < 4.78 is 36.6. The van der Waals surface area contributed by atoms with Gasteiger partial charge in [0.2, 0.25) is 15.9 Å². The third-order valence-corrected chi connectivity index (χ3v) is 7.21. The van der Waals surface area contributed by atoms with Gasteiger partial charge in [0.25, 0.3) is 5.91 Å². The molecule has 1 aliphatic rings. The first-order chi connectivity index (χ1) is 15.5. The Morgan fingerprint density at radius 2 is 2.06 bits per heavy atom. The zero-order valence-corrected chi connectivity index (χ0v) is 20.4. The maximum Gasteiger partial charge on any atom is 0.259 e. The van der Waals surface area contributed by atoms with Gasteiger partial charge in [-0.05, 0) is 30.7 Å². The van der Waals surface area contributed by atoms with Gasteiger partial charge in [0.1, 0.15) is 17.4 Å². The van der Waals surface area contributed by atoms with Crippen molar-refractivity contribution in [3.8, 4) is 22.8 Å². The fraction of sp³-hybridized carbons (Fsp3) is 0.478. The summed E-state index contributed by atoms with van der Waals surface area (Å²) in [6.45, 7) is 3.86. The van der Waals surface area contributed by atoms with Gasteiger partial charge in [0.15, 0.2) is 0 Å². The van der Waals surface area contributed by atoms with Gasteiger partial charge in [-0.3, -0.25) is 4.79 Å². The zero-order chi connectivity index (χ0) is 24.3. The lowest BCUT2D eigenvalue weighted by Gasteiger charge is -2.37. The molecule has 1 aromatic carbocycles. The van der Waals surface area contributed by atoms with Crippen molar-refractivity contribution >= 4 is 15.9 Å². The van der Waals surface area contributed by atoms with Gasteiger partial charge in [-0.25, -0.2) is 17.7 Å². The minimum atomic E-state index is -3.42. The number of rotatable bonds is 7. The average Bonchev–Trinajstić information content (AvgIpc) is 2.79. The maximum absolute atomic E-state index is 13.5. The Balaban J connectivity index is 2.07. The Hall–Kier alpha value is -2.69. The molecule has 3 rings (SSSR count). The van der Waals surface area contributed by atoms with Crippen LogP contribution >= 0.6 is 0 Å². The second-order valence-corrected chi connectivity index (χ2v) is 10.6. The molecule has 2 aromatic rings. The molecule has 1 aliphatic heterocycles. The Bertz CT molecular complexity index is 1110. The predicted octanol–water partition coefficient (Wildman–Crippen LogP) is 1.87. The molecule has 0 bridgehead atoms. The summed E-state index contributed by atoms with van der Waals surface area (Å²) in [5.74, 6) is 0.306. The second kappa shape index (κ2) is 10.1. The Morgan fingerprint density at radius 1 is 1.33 bits per heavy atom. The van der Waals surface area contributed by atoms with Crippen LogP contribution in [0.5, 0.6) is 11.6 Å². The monoisotopic (exact) mass is 477 g/mol. The van der Waals surface area contributed by atoms with Crippen LogP contribution in [-0.4, -0.2) is 85.9 Å². The smallest absolute Gasteiger partial charge is 0.259 e. The lowest BCUT2D eigenvalue weighted by Crippen LogP contribution is -2.50. The van der Waals surface area contributed by atoms with Gasteiger partial charge in [0, 0.05) is 31.3 Å². The van der Waals surface area contributed by atoms with Crippen LogP contribution in [0, 0.1) is 5.92 Å². The molecular formula is C23H31N3O6S. The van der Waals surface area contributed by atoms with E-state index in [1.54, 1.807) is 31.2 Å². The van der Waals surface area contributed by atoms with Gasteiger partial charge in [-0.15, -0.1) is 0 Å². The first-order valence-electron chi connectivity index (χ1n) is 10.7. The number of aliphatic hydroxyl groups is 1. The number of fused-ring (bicyclic) bond motifs is 1. The minimum Gasteiger partial charge on any atom is -0.497 e. The molecule has 1 amide bonds. The standard InChI is InChI=1S/C23H31N3O6S/c1-15-12-26(16(2)14-27)23(28)20-10-18(17-7-6-8-19(9-17)31-4)11-24-22(20)32-21(15)13-25(3)33(5,29)30/h6-11,15-16,21,27H,12-14H2,1-5H3/t15-,16+,21-/m0/s1. The summed E-state index contributed by atoms with van der Waals surface area (Å²) in [5, 5.41) is 9.77. The molecular weight excluding hydrogens is 446 g/mol. The zero-order valence-electron chi connectivity index (χ0n) is 19.6. The van der Waals surface area contributed by atoms with Crippen molar-refractivity contribution < 1.29 is 27.8 Å². The number of carbonyl (C=O) groups is 1. The van der Waals surface area contributed by atoms with E-state index in [0.29, 0.717) is 17.9 Å². The van der Waals surface area contributed by atoms with E-state index in [9.17, 15) is 18.3 Å². The van der Waals surface area contributed by atoms with Crippen molar-refractivity contribution in [1.29, 1.82) is 0 Å². The highest BCUT2D eigenvalue weighted by atomic mass is 32.2. The molecule has 33 heavy (non-hydrogen) atoms. The quantitative estimate of drug-likeness (QED) is 0.648. The number of aliphatic hydroxyl groups excluding tert-OH is 1. The number of ether oxygens (including phenoxy) is 2. The number of pyridine rings is 1. The highest BCUT2D eigenvalue weighted by Crippen LogP contribution is 2.31. The number of amides is 1. The van der Waals surface area contributed by atoms with Crippen LogP contribution in [0.4, 0.5) is 0 Å². The Morgan fingerprint density at radius 3 is 2.70 bits per heavy atom. The fourth-order valence-corrected chi connectivity index (χ4v) is 4.09. The van der Waals surface area contributed by atoms with Crippen LogP contribution in [0.2, 0.25) is 0 Å². The van der Waals surface area contributed by atoms with E-state index < -0.39 is 22.2 Å². The fourth-order valence-electron chi connectivity index (χ4n) is 3.67. The first kappa shape index (κ1) is 24.9. The number of carbonyl (C=O) groups excluding carboxylic acids is 1. The van der Waals surface area contributed by atoms with Gasteiger partial charge >= 0.3 is 0 Å². The van der Waals surface area contributed by atoms with Crippen molar-refractivity contribution in [3.63, 3.8) is 0 Å². The lowest BCUT2D eigenvalue weighted by atomic mass is 9.99. The van der Waals surface area contributed by atoms with E-state index >= 15 is 0 Å². The molecule has 0 fully saturated rings. The average molecular weight is 478 g/mol. The number of likely N-dealkylation sites (N-methyl/N-ethyl adjacent to an activating group) is 1. The van der Waals surface area contributed by atoms with Crippen LogP contribution in [0.15, 0.2) is 36.5 Å². The van der Waals surface area contributed by atoms with Crippen molar-refractivity contribution in [3.05, 3.63) is 42.1 Å². The van der Waals surface area contributed by atoms with Crippen LogP contribution in [-0.2, 0) is 10.0 Å². The van der Waals surface area contributed by atoms with Gasteiger partial charge in [0.05, 0.1) is 32.6 Å². The minimum absolute atomic E-state index is 0.105. The molecule has 1 aromatic heterocycles. The number of methoxy groups -OCH3 is 1. The molecule has 180 valence electrons. The van der Waals surface area contributed by atoms with E-state index in [-0.39, 0.29) is 36.4 Å². The molecule has 10 heteroatoms. The molecule has 9 nitrogen and oxygen atoms in total. The van der Waals surface area contributed by atoms with Crippen LogP contribution in [0.3, 0.4) is 0 Å². The number of aromatic nitrogens is 1. The summed E-state index contributed by atoms with van der Waals surface area (Å²) in [5.41, 5.74) is 1.79. The topological polar surface area (TPSA) is 109 Å². The van der Waals surface area contributed by atoms with Crippen LogP contribution in [0.25, 0.3) is 11.1 Å². The number of benzene rings is 1. The molecule has 1 N–H and O–H groups in total. The molecule has 0 unspecified atom stereocenters. The van der Waals surface area contributed by atoms with Crippen molar-refractivity contribution in [2.75, 3.05) is 40.1 Å². The van der Waals surface area contributed by atoms with Crippen LogP contribution in [0.1, 0.15) is 24.2 Å². The molecule has 0 saturated carbocycles. The second-order valence-electron chi connectivity index (χ2n) is 8.47. The number of nitrogens with zero attached hydrogens (tertiary/aromatic N) is 3. The lowest BCUT2D eigenvalue weighted by molar-refractivity contribution is 0.0374. The Kier molecular flexibility index (Phi) is 7.61. The van der Waals surface area contributed by atoms with Gasteiger partial charge < -0.3 is 19.5 Å². The predicted molar refractivity (Wildman–Crippen MR) is 125 cm³/mol. The molecule has 0 radical (unpaired) electrons. The summed E-state index contributed by atoms with van der Waals surface area (Å²) in [7, 11) is -0.347. The molecule has 2 heterocycles. The van der Waals surface area contributed by atoms with Crippen molar-refractivity contribution in [1.82, 2.24) is 14.2 Å². The first-order valence-corrected chi connectivity index (χ1v) is 12.5. The van der Waals surface area contributed by atoms with Crippen LogP contribution < -0.4 is 9.47 Å². The van der Waals surface area contributed by atoms with E-state index in [1.807, 2.05) is 31.2 Å². The summed E-state index contributed by atoms with van der Waals surface area (Å²) in [4.78, 5) is 19.5. The highest BCUT2D eigenvalue weighted by Gasteiger charge is 2.35. The maximum atomic E-state index is 13.5. The van der Waals surface area contributed by atoms with E-state index in [4.69, 9.17) is 9.47 Å². The third kappa shape index (κ3) is 5.63. The van der Waals surface area contributed by atoms with E-state index in [0.717, 1.165) is 11.8 Å². The highest BCUT2D eigenvalue weighted by molar-refractivity contribution is 7.88. The summed E-state index contributed by atoms with van der Waals surface area (Å²) in [6.07, 6.45) is 2.21. The van der Waals surface area contributed by atoms with Gasteiger partial charge in [-0.2, -0.15) is 0 Å². The number of hydrogen-bond acceptors (Lipinski definition) is 7. The summed E-state index contributed by atoms with van der Waals surface area (Å²) >= 11 is 0. The Labute approximate surface area is 195 Å². The third-order valence-electron chi connectivity index (χ3n) is 5.93. The molecule has 0 aliphatic carbocycles. The van der Waals surface area contributed by atoms with E-state index in [1.165, 1.54) is 11.4 Å². The SMILES string of the molecule is COc1cccc(-c2cnc3c(c2)C(=O)N([C@H](C)CO)C[C@H](C)[C@H](CN(C)S(C)(=O)=O)O3)c1. The van der Waals surface area contributed by atoms with E-state index in [2.05, 4.69) is 4.98 Å². The van der Waals surface area contributed by atoms with Crippen molar-refractivity contribution in [2.24, 2.45) is 5.92 Å². The summed E-state index contributed by atoms with van der Waals surface area (Å²) in [6, 6.07) is 8.69.